The van der Waals surface area contributed by atoms with Gasteiger partial charge in [-0.1, -0.05) is 250 Å². The number of carbonyl (C=O) groups is 2. The molecule has 0 N–H and O–H groups in total. The molecule has 0 radical (unpaired) electrons. The van der Waals surface area contributed by atoms with Crippen LogP contribution in [0.4, 0.5) is 0 Å². The Morgan fingerprint density at radius 3 is 1.00 bits per heavy atom. The third-order valence-corrected chi connectivity index (χ3v) is 12.3. The van der Waals surface area contributed by atoms with Crippen molar-refractivity contribution in [3.05, 3.63) is 146 Å². The number of carbonyl (C=O) groups excluding carboxylic acids is 2. The van der Waals surface area contributed by atoms with Crippen molar-refractivity contribution in [2.45, 2.75) is 258 Å². The predicted molar refractivity (Wildman–Crippen MR) is 325 cm³/mol. The van der Waals surface area contributed by atoms with E-state index >= 15 is 0 Å². The number of esters is 2. The summed E-state index contributed by atoms with van der Waals surface area (Å²) in [5, 5.41) is 0. The van der Waals surface area contributed by atoms with Gasteiger partial charge in [-0.2, -0.15) is 0 Å². The van der Waals surface area contributed by atoms with Crippen LogP contribution in [0.15, 0.2) is 146 Å². The second-order valence-corrected chi connectivity index (χ2v) is 19.5. The van der Waals surface area contributed by atoms with Gasteiger partial charge < -0.3 is 14.2 Å². The van der Waals surface area contributed by atoms with Crippen LogP contribution in [-0.2, 0) is 23.8 Å². The molecule has 0 aliphatic heterocycles. The molecule has 74 heavy (non-hydrogen) atoms. The molecule has 0 bridgehead atoms. The predicted octanol–water partition coefficient (Wildman–Crippen LogP) is 21.2. The van der Waals surface area contributed by atoms with Crippen LogP contribution in [-0.4, -0.2) is 37.9 Å². The molecule has 0 rings (SSSR count). The van der Waals surface area contributed by atoms with Crippen LogP contribution in [0.2, 0.25) is 0 Å². The van der Waals surface area contributed by atoms with E-state index in [1.54, 1.807) is 0 Å². The molecule has 0 spiro atoms. The summed E-state index contributed by atoms with van der Waals surface area (Å²) in [4.78, 5) is 25.6. The summed E-state index contributed by atoms with van der Waals surface area (Å²) in [6, 6.07) is 0. The highest BCUT2D eigenvalue weighted by Crippen LogP contribution is 2.14. The quantitative estimate of drug-likeness (QED) is 0.0345. The highest BCUT2D eigenvalue weighted by atomic mass is 16.6. The molecule has 5 heteroatoms. The molecule has 0 fully saturated rings. The average molecular weight is 1020 g/mol. The summed E-state index contributed by atoms with van der Waals surface area (Å²) in [6.45, 7) is 7.42. The largest absolute Gasteiger partial charge is 0.462 e. The normalized spacial score (nSPS) is 13.3. The Hall–Kier alpha value is -4.22. The molecular weight excluding hydrogens is 909 g/mol. The topological polar surface area (TPSA) is 61.8 Å². The van der Waals surface area contributed by atoms with Gasteiger partial charge in [0.2, 0.25) is 0 Å². The summed E-state index contributed by atoms with van der Waals surface area (Å²) >= 11 is 0. The van der Waals surface area contributed by atoms with Gasteiger partial charge in [-0.3, -0.25) is 9.59 Å². The fourth-order valence-electron chi connectivity index (χ4n) is 7.90. The van der Waals surface area contributed by atoms with Crippen molar-refractivity contribution in [1.82, 2.24) is 0 Å². The maximum Gasteiger partial charge on any atom is 0.306 e. The molecule has 1 unspecified atom stereocenters. The molecule has 1 atom stereocenters. The summed E-state index contributed by atoms with van der Waals surface area (Å²) < 4.78 is 17.4. The van der Waals surface area contributed by atoms with Crippen molar-refractivity contribution in [2.75, 3.05) is 19.8 Å². The maximum atomic E-state index is 12.9. The monoisotopic (exact) mass is 1020 g/mol. The molecule has 0 saturated carbocycles. The van der Waals surface area contributed by atoms with E-state index in [4.69, 9.17) is 14.2 Å². The van der Waals surface area contributed by atoms with E-state index in [2.05, 4.69) is 167 Å². The lowest BCUT2D eigenvalue weighted by molar-refractivity contribution is -0.163. The maximum absolute atomic E-state index is 12.9. The van der Waals surface area contributed by atoms with E-state index in [0.717, 1.165) is 128 Å². The highest BCUT2D eigenvalue weighted by Gasteiger charge is 2.17. The zero-order valence-corrected chi connectivity index (χ0v) is 48.1. The molecule has 0 aromatic carbocycles. The van der Waals surface area contributed by atoms with Crippen molar-refractivity contribution < 1.29 is 23.8 Å². The third kappa shape index (κ3) is 60.3. The minimum atomic E-state index is -0.594. The van der Waals surface area contributed by atoms with Gasteiger partial charge in [-0.05, 0) is 135 Å². The van der Waals surface area contributed by atoms with Gasteiger partial charge in [0.15, 0.2) is 6.10 Å². The fraction of sp³-hybridized carbons (Fsp3) is 0.623. The van der Waals surface area contributed by atoms with Crippen LogP contribution in [0.1, 0.15) is 252 Å². The van der Waals surface area contributed by atoms with Crippen LogP contribution in [0.5, 0.6) is 0 Å². The highest BCUT2D eigenvalue weighted by molar-refractivity contribution is 5.70. The summed E-state index contributed by atoms with van der Waals surface area (Å²) in [6.07, 6.45) is 91.7. The van der Waals surface area contributed by atoms with Crippen LogP contribution in [0.25, 0.3) is 0 Å². The van der Waals surface area contributed by atoms with E-state index < -0.39 is 6.10 Å². The molecular formula is C69H112O5. The number of ether oxygens (including phenoxy) is 3. The first kappa shape index (κ1) is 69.8. The Labute approximate surface area is 457 Å². The summed E-state index contributed by atoms with van der Waals surface area (Å²) in [7, 11) is 0. The first-order valence-corrected chi connectivity index (χ1v) is 30.4. The molecule has 0 saturated heterocycles. The van der Waals surface area contributed by atoms with E-state index in [-0.39, 0.29) is 25.2 Å². The number of rotatable bonds is 54. The van der Waals surface area contributed by atoms with Gasteiger partial charge in [0.05, 0.1) is 6.61 Å². The Morgan fingerprint density at radius 1 is 0.311 bits per heavy atom. The van der Waals surface area contributed by atoms with Gasteiger partial charge in [-0.15, -0.1) is 0 Å². The van der Waals surface area contributed by atoms with Gasteiger partial charge in [0.25, 0.3) is 0 Å². The smallest absolute Gasteiger partial charge is 0.306 e. The van der Waals surface area contributed by atoms with Crippen LogP contribution >= 0.6 is 0 Å². The van der Waals surface area contributed by atoms with Crippen LogP contribution in [0.3, 0.4) is 0 Å². The summed E-state index contributed by atoms with van der Waals surface area (Å²) in [5.41, 5.74) is 0. The van der Waals surface area contributed by atoms with Gasteiger partial charge in [-0.25, -0.2) is 0 Å². The zero-order valence-electron chi connectivity index (χ0n) is 48.1. The average Bonchev–Trinajstić information content (AvgIpc) is 3.40. The van der Waals surface area contributed by atoms with Crippen molar-refractivity contribution in [1.29, 1.82) is 0 Å². The van der Waals surface area contributed by atoms with Crippen LogP contribution < -0.4 is 0 Å². The molecule has 0 amide bonds. The van der Waals surface area contributed by atoms with E-state index in [9.17, 15) is 9.59 Å². The molecule has 0 aliphatic rings. The number of unbranched alkanes of at least 4 members (excludes halogenated alkanes) is 19. The second-order valence-electron chi connectivity index (χ2n) is 19.5. The summed E-state index contributed by atoms with van der Waals surface area (Å²) in [5.74, 6) is -0.474. The van der Waals surface area contributed by atoms with Gasteiger partial charge in [0, 0.05) is 19.4 Å². The Bertz CT molecular complexity index is 1580. The van der Waals surface area contributed by atoms with E-state index in [0.29, 0.717) is 19.4 Å². The molecule has 418 valence electrons. The lowest BCUT2D eigenvalue weighted by Gasteiger charge is -2.18. The third-order valence-electron chi connectivity index (χ3n) is 12.3. The number of hydrogen-bond acceptors (Lipinski definition) is 5. The first-order chi connectivity index (χ1) is 36.6. The Morgan fingerprint density at radius 2 is 0.608 bits per heavy atom. The van der Waals surface area contributed by atoms with Crippen molar-refractivity contribution in [3.63, 3.8) is 0 Å². The van der Waals surface area contributed by atoms with E-state index in [1.165, 1.54) is 89.9 Å². The minimum Gasteiger partial charge on any atom is -0.462 e. The van der Waals surface area contributed by atoms with Gasteiger partial charge >= 0.3 is 11.9 Å². The molecule has 0 aliphatic carbocycles. The molecule has 0 heterocycles. The Balaban J connectivity index is 4.47. The van der Waals surface area contributed by atoms with E-state index in [1.807, 2.05) is 0 Å². The molecule has 5 nitrogen and oxygen atoms in total. The van der Waals surface area contributed by atoms with Gasteiger partial charge in [0.1, 0.15) is 6.61 Å². The number of allylic oxidation sites excluding steroid dienone is 24. The lowest BCUT2D eigenvalue weighted by Crippen LogP contribution is -2.30. The van der Waals surface area contributed by atoms with Crippen LogP contribution in [0, 0.1) is 0 Å². The van der Waals surface area contributed by atoms with Crippen molar-refractivity contribution in [2.24, 2.45) is 0 Å². The lowest BCUT2D eigenvalue weighted by atomic mass is 10.1. The molecule has 0 aromatic rings. The zero-order chi connectivity index (χ0) is 53.4. The number of hydrogen-bond donors (Lipinski definition) is 0. The standard InChI is InChI=1S/C69H112O5/c1-4-7-10-13-16-19-22-25-28-31-34-37-40-43-46-49-52-55-58-61-64-72-65-67(74-69(71)63-60-57-54-51-48-45-42-39-36-33-30-27-24-21-18-15-12-9-6-3)66-73-68(70)62-59-56-53-50-47-44-41-38-35-32-29-26-23-20-17-14-11-8-5-2/h7-8,10-11,16-17,19-20,25-30,34-35,37-38,43-44,46-47,52,55,67H,4-6,9,12-15,18,21-24,31-33,36,39-42,45,48-51,53-54,56-66H2,1-3H3/b10-7-,11-8-,19-16-,20-17-,28-25-,29-26-,30-27-,37-34-,38-35-,46-43-,47-44-,55-52-. The molecule has 0 aromatic heterocycles. The van der Waals surface area contributed by atoms with Crippen molar-refractivity contribution in [3.8, 4) is 0 Å². The fourth-order valence-corrected chi connectivity index (χ4v) is 7.90. The first-order valence-electron chi connectivity index (χ1n) is 30.4. The van der Waals surface area contributed by atoms with Crippen molar-refractivity contribution >= 4 is 11.9 Å². The second kappa shape index (κ2) is 63.1. The minimum absolute atomic E-state index is 0.0350. The SMILES string of the molecule is CC/C=C\C/C=C\C/C=C\C/C=C\C/C=C\C/C=C\CCCOCC(COC(=O)CCCCC/C=C\C/C=C\C/C=C\C/C=C\C/C=C\CC)OC(=O)CCCCCCCCCCC/C=C\CCCCCCCC. The Kier molecular flexibility index (Phi) is 59.5.